The zero-order valence-electron chi connectivity index (χ0n) is 14.6. The lowest BCUT2D eigenvalue weighted by atomic mass is 9.81. The van der Waals surface area contributed by atoms with E-state index in [1.807, 2.05) is 18.2 Å². The molecule has 0 aromatic heterocycles. The molecule has 4 rings (SSSR count). The van der Waals surface area contributed by atoms with Crippen molar-refractivity contribution in [2.75, 3.05) is 20.2 Å². The van der Waals surface area contributed by atoms with Gasteiger partial charge >= 0.3 is 0 Å². The lowest BCUT2D eigenvalue weighted by Gasteiger charge is -2.46. The molecule has 2 aromatic rings. The van der Waals surface area contributed by atoms with Gasteiger partial charge in [0.25, 0.3) is 0 Å². The first-order valence-electron chi connectivity index (χ1n) is 8.99. The second kappa shape index (κ2) is 6.70. The van der Waals surface area contributed by atoms with Gasteiger partial charge in [-0.3, -0.25) is 4.90 Å². The Morgan fingerprint density at radius 1 is 1.12 bits per heavy atom. The van der Waals surface area contributed by atoms with Gasteiger partial charge in [-0.25, -0.2) is 0 Å². The molecule has 1 saturated heterocycles. The molecule has 4 heteroatoms. The highest BCUT2D eigenvalue weighted by atomic mass is 16.5. The van der Waals surface area contributed by atoms with Gasteiger partial charge < -0.3 is 14.6 Å². The van der Waals surface area contributed by atoms with Crippen LogP contribution in [0.2, 0.25) is 0 Å². The molecule has 0 saturated carbocycles. The fourth-order valence-electron chi connectivity index (χ4n) is 4.12. The molecule has 4 nitrogen and oxygen atoms in total. The number of hydrogen-bond acceptors (Lipinski definition) is 4. The first-order valence-corrected chi connectivity index (χ1v) is 8.99. The number of rotatable bonds is 3. The number of aliphatic hydroxyl groups excluding tert-OH is 1. The van der Waals surface area contributed by atoms with Gasteiger partial charge in [0.2, 0.25) is 0 Å². The van der Waals surface area contributed by atoms with E-state index in [1.165, 1.54) is 5.56 Å². The van der Waals surface area contributed by atoms with Gasteiger partial charge in [-0.2, -0.15) is 0 Å². The van der Waals surface area contributed by atoms with Crippen molar-refractivity contribution in [2.45, 2.75) is 37.5 Å². The summed E-state index contributed by atoms with van der Waals surface area (Å²) in [5.74, 6) is 1.48. The second-order valence-corrected chi connectivity index (χ2v) is 7.14. The van der Waals surface area contributed by atoms with Crippen LogP contribution in [0.1, 0.15) is 36.5 Å². The number of methoxy groups -OCH3 is 1. The zero-order valence-corrected chi connectivity index (χ0v) is 14.6. The maximum absolute atomic E-state index is 10.7. The van der Waals surface area contributed by atoms with Crippen LogP contribution in [0, 0.1) is 0 Å². The summed E-state index contributed by atoms with van der Waals surface area (Å²) >= 11 is 0. The molecule has 1 atom stereocenters. The second-order valence-electron chi connectivity index (χ2n) is 7.14. The molecule has 0 radical (unpaired) electrons. The van der Waals surface area contributed by atoms with Crippen molar-refractivity contribution in [3.63, 3.8) is 0 Å². The quantitative estimate of drug-likeness (QED) is 0.929. The average Bonchev–Trinajstić information content (AvgIpc) is 2.64. The van der Waals surface area contributed by atoms with Gasteiger partial charge in [-0.15, -0.1) is 0 Å². The monoisotopic (exact) mass is 339 g/mol. The van der Waals surface area contributed by atoms with Crippen LogP contribution in [0.4, 0.5) is 0 Å². The van der Waals surface area contributed by atoms with E-state index in [1.54, 1.807) is 7.11 Å². The van der Waals surface area contributed by atoms with E-state index >= 15 is 0 Å². The molecule has 1 unspecified atom stereocenters. The normalized spacial score (nSPS) is 22.2. The number of aliphatic hydroxyl groups is 1. The summed E-state index contributed by atoms with van der Waals surface area (Å²) < 4.78 is 11.8. The van der Waals surface area contributed by atoms with E-state index in [2.05, 4.69) is 35.2 Å². The number of nitrogens with zero attached hydrogens (tertiary/aromatic N) is 1. The molecule has 1 fully saturated rings. The van der Waals surface area contributed by atoms with Crippen LogP contribution in [-0.2, 0) is 6.54 Å². The van der Waals surface area contributed by atoms with Crippen molar-refractivity contribution in [1.82, 2.24) is 4.90 Å². The van der Waals surface area contributed by atoms with Gasteiger partial charge in [0, 0.05) is 26.1 Å². The molecular formula is C21H25NO3. The van der Waals surface area contributed by atoms with Gasteiger partial charge in [-0.1, -0.05) is 36.4 Å². The smallest absolute Gasteiger partial charge is 0.129 e. The third kappa shape index (κ3) is 3.24. The molecule has 25 heavy (non-hydrogen) atoms. The highest BCUT2D eigenvalue weighted by Crippen LogP contribution is 2.47. The topological polar surface area (TPSA) is 41.9 Å². The summed E-state index contributed by atoms with van der Waals surface area (Å²) in [5.41, 5.74) is 1.88. The Balaban J connectivity index is 1.46. The van der Waals surface area contributed by atoms with E-state index in [9.17, 15) is 5.11 Å². The Morgan fingerprint density at radius 2 is 1.88 bits per heavy atom. The Kier molecular flexibility index (Phi) is 4.40. The number of benzene rings is 2. The molecule has 2 heterocycles. The third-order valence-corrected chi connectivity index (χ3v) is 5.49. The van der Waals surface area contributed by atoms with E-state index in [0.717, 1.165) is 43.8 Å². The Bertz CT molecular complexity index is 723. The van der Waals surface area contributed by atoms with E-state index in [-0.39, 0.29) is 5.60 Å². The minimum Gasteiger partial charge on any atom is -0.496 e. The number of ether oxygens (including phenoxy) is 2. The van der Waals surface area contributed by atoms with Crippen molar-refractivity contribution in [3.05, 3.63) is 59.7 Å². The minimum atomic E-state index is -0.527. The van der Waals surface area contributed by atoms with Crippen LogP contribution in [0.15, 0.2) is 48.5 Å². The lowest BCUT2D eigenvalue weighted by molar-refractivity contribution is -0.0558. The summed E-state index contributed by atoms with van der Waals surface area (Å²) in [4.78, 5) is 2.47. The molecule has 0 bridgehead atoms. The van der Waals surface area contributed by atoms with Crippen LogP contribution < -0.4 is 9.47 Å². The van der Waals surface area contributed by atoms with Crippen molar-refractivity contribution in [1.29, 1.82) is 0 Å². The fraction of sp³-hybridized carbons (Fsp3) is 0.429. The molecule has 0 aliphatic carbocycles. The summed E-state index contributed by atoms with van der Waals surface area (Å²) in [6.45, 7) is 2.95. The first kappa shape index (κ1) is 16.4. The van der Waals surface area contributed by atoms with E-state index in [0.29, 0.717) is 12.2 Å². The molecule has 2 aromatic carbocycles. The number of piperidine rings is 1. The molecule has 1 N–H and O–H groups in total. The maximum Gasteiger partial charge on any atom is 0.129 e. The summed E-state index contributed by atoms with van der Waals surface area (Å²) in [6.07, 6.45) is 1.99. The van der Waals surface area contributed by atoms with Crippen molar-refractivity contribution >= 4 is 0 Å². The predicted octanol–water partition coefficient (Wildman–Crippen LogP) is 3.55. The molecular weight excluding hydrogens is 314 g/mol. The molecule has 0 amide bonds. The van der Waals surface area contributed by atoms with E-state index in [4.69, 9.17) is 9.47 Å². The Hall–Kier alpha value is -2.04. The maximum atomic E-state index is 10.7. The molecule has 2 aliphatic rings. The first-order chi connectivity index (χ1) is 12.2. The van der Waals surface area contributed by atoms with Crippen LogP contribution >= 0.6 is 0 Å². The third-order valence-electron chi connectivity index (χ3n) is 5.49. The van der Waals surface area contributed by atoms with Gasteiger partial charge in [0.1, 0.15) is 17.1 Å². The van der Waals surface area contributed by atoms with E-state index < -0.39 is 6.10 Å². The highest BCUT2D eigenvalue weighted by Gasteiger charge is 2.43. The van der Waals surface area contributed by atoms with Crippen molar-refractivity contribution in [3.8, 4) is 11.5 Å². The Morgan fingerprint density at radius 3 is 2.60 bits per heavy atom. The number of hydrogen-bond donors (Lipinski definition) is 1. The van der Waals surface area contributed by atoms with Crippen molar-refractivity contribution < 1.29 is 14.6 Å². The summed E-state index contributed by atoms with van der Waals surface area (Å²) in [6, 6.07) is 16.3. The number of fused-ring (bicyclic) bond motifs is 1. The van der Waals surface area contributed by atoms with Crippen molar-refractivity contribution in [2.24, 2.45) is 0 Å². The van der Waals surface area contributed by atoms with Crippen LogP contribution in [0.5, 0.6) is 11.5 Å². The van der Waals surface area contributed by atoms with Crippen LogP contribution in [0.3, 0.4) is 0 Å². The molecule has 132 valence electrons. The molecule has 1 spiro atoms. The Labute approximate surface area is 149 Å². The van der Waals surface area contributed by atoms with Gasteiger partial charge in [-0.05, 0) is 30.5 Å². The van der Waals surface area contributed by atoms with Gasteiger partial charge in [0.15, 0.2) is 0 Å². The van der Waals surface area contributed by atoms with Crippen LogP contribution in [-0.4, -0.2) is 35.8 Å². The zero-order chi connectivity index (χ0) is 17.3. The SMILES string of the molecule is COc1cccc2c1C(O)CC1(CCN(Cc3ccccc3)CC1)O2. The highest BCUT2D eigenvalue weighted by molar-refractivity contribution is 5.48. The standard InChI is InChI=1S/C21H25NO3/c1-24-18-8-5-9-19-20(18)17(23)14-21(25-19)10-12-22(13-11-21)15-16-6-3-2-4-7-16/h2-9,17,23H,10-15H2,1H3. The minimum absolute atomic E-state index is 0.258. The summed E-state index contributed by atoms with van der Waals surface area (Å²) in [7, 11) is 1.63. The van der Waals surface area contributed by atoms with Crippen LogP contribution in [0.25, 0.3) is 0 Å². The number of likely N-dealkylation sites (tertiary alicyclic amines) is 1. The van der Waals surface area contributed by atoms with Gasteiger partial charge in [0.05, 0.1) is 18.8 Å². The predicted molar refractivity (Wildman–Crippen MR) is 96.9 cm³/mol. The fourth-order valence-corrected chi connectivity index (χ4v) is 4.12. The summed E-state index contributed by atoms with van der Waals surface area (Å²) in [5, 5.41) is 10.7. The lowest BCUT2D eigenvalue weighted by Crippen LogP contribution is -2.50. The molecule has 2 aliphatic heterocycles. The largest absolute Gasteiger partial charge is 0.496 e. The average molecular weight is 339 g/mol.